The first-order valence-corrected chi connectivity index (χ1v) is 8.53. The van der Waals surface area contributed by atoms with Gasteiger partial charge in [0.05, 0.1) is 5.69 Å². The van der Waals surface area contributed by atoms with E-state index in [9.17, 15) is 13.6 Å². The molecule has 0 radical (unpaired) electrons. The third-order valence-electron chi connectivity index (χ3n) is 3.61. The molecule has 3 rings (SSSR count). The molecule has 0 fully saturated rings. The number of aromatic nitrogens is 1. The topological polar surface area (TPSA) is 64.9 Å². The summed E-state index contributed by atoms with van der Waals surface area (Å²) >= 11 is 1.32. The SMILES string of the molecule is CCC(C)NC(=O)/N=c1\sc(C)cn1-c1ccc2c(c1)OC(F)(F)O2. The minimum atomic E-state index is -3.67. The van der Waals surface area contributed by atoms with Crippen LogP contribution >= 0.6 is 11.3 Å². The van der Waals surface area contributed by atoms with Crippen molar-refractivity contribution in [3.63, 3.8) is 0 Å². The highest BCUT2D eigenvalue weighted by atomic mass is 32.1. The van der Waals surface area contributed by atoms with Crippen LogP contribution in [0, 0.1) is 6.92 Å². The number of ether oxygens (including phenoxy) is 2. The number of fused-ring (bicyclic) bond motifs is 1. The van der Waals surface area contributed by atoms with Crippen LogP contribution in [0.5, 0.6) is 11.5 Å². The lowest BCUT2D eigenvalue weighted by atomic mass is 10.3. The second kappa shape index (κ2) is 6.47. The van der Waals surface area contributed by atoms with E-state index in [0.717, 1.165) is 11.3 Å². The fourth-order valence-corrected chi connectivity index (χ4v) is 3.07. The summed E-state index contributed by atoms with van der Waals surface area (Å²) in [5.74, 6) is -0.0943. The highest BCUT2D eigenvalue weighted by molar-refractivity contribution is 7.09. The number of benzene rings is 1. The average Bonchev–Trinajstić information content (AvgIpc) is 3.03. The van der Waals surface area contributed by atoms with Crippen LogP contribution in [0.2, 0.25) is 0 Å². The summed E-state index contributed by atoms with van der Waals surface area (Å²) in [7, 11) is 0. The zero-order valence-electron chi connectivity index (χ0n) is 13.9. The first-order chi connectivity index (χ1) is 11.8. The maximum atomic E-state index is 13.2. The van der Waals surface area contributed by atoms with E-state index in [0.29, 0.717) is 10.5 Å². The van der Waals surface area contributed by atoms with E-state index in [4.69, 9.17) is 0 Å². The molecule has 6 nitrogen and oxygen atoms in total. The van der Waals surface area contributed by atoms with Crippen LogP contribution in [0.4, 0.5) is 13.6 Å². The molecule has 0 bridgehead atoms. The van der Waals surface area contributed by atoms with Crippen molar-refractivity contribution >= 4 is 17.4 Å². The van der Waals surface area contributed by atoms with Crippen LogP contribution in [0.25, 0.3) is 5.69 Å². The van der Waals surface area contributed by atoms with Gasteiger partial charge in [0, 0.05) is 23.2 Å². The number of urea groups is 1. The average molecular weight is 369 g/mol. The number of thiazole rings is 1. The molecular formula is C16H17F2N3O3S. The van der Waals surface area contributed by atoms with Crippen molar-refractivity contribution in [3.8, 4) is 17.2 Å². The standard InChI is InChI=1S/C16H17F2N3O3S/c1-4-9(2)19-14(22)20-15-21(8-10(3)25-15)11-5-6-12-13(7-11)24-16(17,18)23-12/h5-9H,4H2,1-3H3,(H,19,22)/b20-15-. The van der Waals surface area contributed by atoms with Gasteiger partial charge in [-0.2, -0.15) is 4.99 Å². The van der Waals surface area contributed by atoms with Gasteiger partial charge >= 0.3 is 12.3 Å². The number of rotatable bonds is 3. The number of amides is 2. The maximum absolute atomic E-state index is 13.2. The van der Waals surface area contributed by atoms with Gasteiger partial charge in [-0.3, -0.25) is 4.57 Å². The van der Waals surface area contributed by atoms with Gasteiger partial charge in [0.25, 0.3) is 0 Å². The predicted molar refractivity (Wildman–Crippen MR) is 88.4 cm³/mol. The summed E-state index contributed by atoms with van der Waals surface area (Å²) in [6.07, 6.45) is -1.10. The molecule has 2 amide bonds. The monoisotopic (exact) mass is 369 g/mol. The quantitative estimate of drug-likeness (QED) is 0.899. The van der Waals surface area contributed by atoms with Crippen molar-refractivity contribution in [2.24, 2.45) is 4.99 Å². The molecule has 0 aliphatic carbocycles. The maximum Gasteiger partial charge on any atom is 0.586 e. The Kier molecular flexibility index (Phi) is 4.51. The van der Waals surface area contributed by atoms with Gasteiger partial charge in [-0.1, -0.05) is 6.92 Å². The first kappa shape index (κ1) is 17.4. The molecule has 1 aromatic carbocycles. The Balaban J connectivity index is 1.96. The Morgan fingerprint density at radius 3 is 2.84 bits per heavy atom. The minimum absolute atomic E-state index is 0.0125. The van der Waals surface area contributed by atoms with Crippen LogP contribution in [-0.2, 0) is 0 Å². The molecule has 2 aromatic rings. The normalized spacial score (nSPS) is 16.8. The minimum Gasteiger partial charge on any atom is -0.395 e. The number of aryl methyl sites for hydroxylation is 1. The van der Waals surface area contributed by atoms with Crippen LogP contribution in [0.3, 0.4) is 0 Å². The number of halogens is 2. The van der Waals surface area contributed by atoms with Crippen LogP contribution in [0.15, 0.2) is 29.4 Å². The molecule has 9 heteroatoms. The number of carbonyl (C=O) groups excluding carboxylic acids is 1. The van der Waals surface area contributed by atoms with Gasteiger partial charge < -0.3 is 14.8 Å². The number of hydrogen-bond acceptors (Lipinski definition) is 4. The van der Waals surface area contributed by atoms with Gasteiger partial charge in [-0.25, -0.2) is 4.79 Å². The Morgan fingerprint density at radius 2 is 2.12 bits per heavy atom. The Labute approximate surface area is 146 Å². The summed E-state index contributed by atoms with van der Waals surface area (Å²) in [5.41, 5.74) is 0.541. The molecule has 0 saturated carbocycles. The van der Waals surface area contributed by atoms with E-state index in [1.807, 2.05) is 20.8 Å². The van der Waals surface area contributed by atoms with Crippen LogP contribution in [0.1, 0.15) is 25.1 Å². The van der Waals surface area contributed by atoms with E-state index < -0.39 is 12.3 Å². The molecule has 0 spiro atoms. The van der Waals surface area contributed by atoms with Crippen molar-refractivity contribution in [1.29, 1.82) is 0 Å². The van der Waals surface area contributed by atoms with Crippen LogP contribution < -0.4 is 19.6 Å². The summed E-state index contributed by atoms with van der Waals surface area (Å²) < 4.78 is 36.8. The number of alkyl halides is 2. The van der Waals surface area contributed by atoms with E-state index in [2.05, 4.69) is 19.8 Å². The number of nitrogens with one attached hydrogen (secondary N) is 1. The third kappa shape index (κ3) is 3.81. The molecule has 0 saturated heterocycles. The highest BCUT2D eigenvalue weighted by Crippen LogP contribution is 2.41. The van der Waals surface area contributed by atoms with Crippen molar-refractivity contribution in [2.75, 3.05) is 0 Å². The van der Waals surface area contributed by atoms with Gasteiger partial charge in [0.15, 0.2) is 16.3 Å². The van der Waals surface area contributed by atoms with E-state index in [1.165, 1.54) is 23.5 Å². The zero-order chi connectivity index (χ0) is 18.2. The Hall–Kier alpha value is -2.42. The number of hydrogen-bond donors (Lipinski definition) is 1. The molecule has 1 unspecified atom stereocenters. The first-order valence-electron chi connectivity index (χ1n) is 7.72. The summed E-state index contributed by atoms with van der Waals surface area (Å²) in [6.45, 7) is 5.72. The van der Waals surface area contributed by atoms with E-state index in [1.54, 1.807) is 16.8 Å². The fourth-order valence-electron chi connectivity index (χ4n) is 2.24. The summed E-state index contributed by atoms with van der Waals surface area (Å²) in [5, 5.41) is 2.76. The molecule has 2 heterocycles. The lowest BCUT2D eigenvalue weighted by molar-refractivity contribution is -0.286. The second-order valence-corrected chi connectivity index (χ2v) is 6.88. The number of carbonyl (C=O) groups is 1. The highest BCUT2D eigenvalue weighted by Gasteiger charge is 2.43. The summed E-state index contributed by atoms with van der Waals surface area (Å²) in [6, 6.07) is 3.99. The molecule has 1 aromatic heterocycles. The van der Waals surface area contributed by atoms with Crippen molar-refractivity contribution in [1.82, 2.24) is 9.88 Å². The van der Waals surface area contributed by atoms with Crippen LogP contribution in [-0.4, -0.2) is 22.9 Å². The molecule has 1 N–H and O–H groups in total. The lowest BCUT2D eigenvalue weighted by Crippen LogP contribution is -2.31. The predicted octanol–water partition coefficient (Wildman–Crippen LogP) is 3.58. The van der Waals surface area contributed by atoms with Gasteiger partial charge in [0.1, 0.15) is 0 Å². The zero-order valence-corrected chi connectivity index (χ0v) is 14.7. The Bertz CT molecular complexity index is 876. The molecule has 1 atom stereocenters. The van der Waals surface area contributed by atoms with Crippen molar-refractivity contribution in [3.05, 3.63) is 34.1 Å². The van der Waals surface area contributed by atoms with Gasteiger partial charge in [0.2, 0.25) is 0 Å². The molecular weight excluding hydrogens is 352 g/mol. The largest absolute Gasteiger partial charge is 0.586 e. The van der Waals surface area contributed by atoms with Crippen molar-refractivity contribution < 1.29 is 23.0 Å². The van der Waals surface area contributed by atoms with E-state index >= 15 is 0 Å². The second-order valence-electron chi connectivity index (χ2n) is 5.66. The number of nitrogens with zero attached hydrogens (tertiary/aromatic N) is 2. The third-order valence-corrected chi connectivity index (χ3v) is 4.51. The van der Waals surface area contributed by atoms with Gasteiger partial charge in [-0.15, -0.1) is 20.1 Å². The van der Waals surface area contributed by atoms with E-state index in [-0.39, 0.29) is 17.5 Å². The molecule has 25 heavy (non-hydrogen) atoms. The molecule has 1 aliphatic rings. The lowest BCUT2D eigenvalue weighted by Gasteiger charge is -2.08. The molecule has 134 valence electrons. The Morgan fingerprint density at radius 1 is 1.40 bits per heavy atom. The smallest absolute Gasteiger partial charge is 0.395 e. The fraction of sp³-hybridized carbons (Fsp3) is 0.375. The van der Waals surface area contributed by atoms with Gasteiger partial charge in [-0.05, 0) is 32.4 Å². The summed E-state index contributed by atoms with van der Waals surface area (Å²) in [4.78, 5) is 17.4. The van der Waals surface area contributed by atoms with Crippen molar-refractivity contribution in [2.45, 2.75) is 39.5 Å². The molecule has 1 aliphatic heterocycles.